The molecule has 2 bridgehead atoms. The van der Waals surface area contributed by atoms with E-state index in [1.807, 2.05) is 4.90 Å². The molecule has 1 aromatic heterocycles. The van der Waals surface area contributed by atoms with Gasteiger partial charge in [-0.15, -0.1) is 13.2 Å². The van der Waals surface area contributed by atoms with Crippen LogP contribution < -0.4 is 9.47 Å². The predicted octanol–water partition coefficient (Wildman–Crippen LogP) is 7.74. The van der Waals surface area contributed by atoms with E-state index in [1.54, 1.807) is 31.2 Å². The minimum Gasteiger partial charge on any atom is -0.489 e. The van der Waals surface area contributed by atoms with Gasteiger partial charge in [0.2, 0.25) is 0 Å². The molecule has 1 saturated carbocycles. The molecule has 3 aromatic rings. The Balaban J connectivity index is 1.21. The van der Waals surface area contributed by atoms with Gasteiger partial charge in [0.15, 0.2) is 0 Å². The number of carbonyl (C=O) groups is 1. The Labute approximate surface area is 273 Å². The summed E-state index contributed by atoms with van der Waals surface area (Å²) in [5.41, 5.74) is 0.263. The number of hydrogen-bond donors (Lipinski definition) is 2. The Morgan fingerprint density at radius 1 is 1.19 bits per heavy atom. The van der Waals surface area contributed by atoms with Crippen molar-refractivity contribution >= 4 is 24.3 Å². The molecule has 47 heavy (non-hydrogen) atoms. The quantitative estimate of drug-likeness (QED) is 0.121. The number of hydrogen-bond acceptors (Lipinski definition) is 8. The number of aliphatic imine (C=N–C) groups is 1. The average Bonchev–Trinajstić information content (AvgIpc) is 3.71. The van der Waals surface area contributed by atoms with Gasteiger partial charge >= 0.3 is 12.3 Å². The van der Waals surface area contributed by atoms with E-state index in [-0.39, 0.29) is 41.4 Å². The molecule has 9 nitrogen and oxygen atoms in total. The number of aliphatic carboxylic acids is 1. The number of aliphatic hydroxyl groups is 1. The van der Waals surface area contributed by atoms with Gasteiger partial charge in [-0.25, -0.2) is 9.79 Å². The lowest BCUT2D eigenvalue weighted by atomic mass is 9.80. The van der Waals surface area contributed by atoms with Crippen LogP contribution in [0.2, 0.25) is 5.02 Å². The van der Waals surface area contributed by atoms with Crippen LogP contribution in [-0.2, 0) is 17.0 Å². The number of fused-ring (bicyclic) bond motifs is 2. The van der Waals surface area contributed by atoms with E-state index in [0.29, 0.717) is 46.3 Å². The summed E-state index contributed by atoms with van der Waals surface area (Å²) in [7, 11) is 0. The van der Waals surface area contributed by atoms with Crippen LogP contribution in [0.4, 0.5) is 13.2 Å². The van der Waals surface area contributed by atoms with Gasteiger partial charge in [-0.2, -0.15) is 0 Å². The van der Waals surface area contributed by atoms with Gasteiger partial charge in [-0.05, 0) is 69.7 Å². The highest BCUT2D eigenvalue weighted by molar-refractivity contribution is 6.31. The Kier molecular flexibility index (Phi) is 8.84. The minimum absolute atomic E-state index is 0.0434. The second-order valence-electron chi connectivity index (χ2n) is 12.1. The molecule has 2 unspecified atom stereocenters. The first-order valence-electron chi connectivity index (χ1n) is 15.3. The Bertz CT molecular complexity index is 1730. The van der Waals surface area contributed by atoms with Crippen LogP contribution in [0, 0.1) is 0 Å². The third-order valence-corrected chi connectivity index (χ3v) is 9.31. The first-order chi connectivity index (χ1) is 22.4. The second kappa shape index (κ2) is 12.7. The van der Waals surface area contributed by atoms with Crippen LogP contribution in [0.5, 0.6) is 11.5 Å². The SMILES string of the molecule is C=N/C(=C\C(=C/C)C(=O)O)N1C2CCC1CC(O)(c1ccc(OCc3c(-c4ccccc4OC(F)(F)F)noc3C3CC3)cc1Cl)C2. The van der Waals surface area contributed by atoms with Crippen molar-refractivity contribution in [3.8, 4) is 22.8 Å². The zero-order valence-corrected chi connectivity index (χ0v) is 26.2. The summed E-state index contributed by atoms with van der Waals surface area (Å²) in [6.07, 6.45) is 2.14. The fourth-order valence-corrected chi connectivity index (χ4v) is 7.11. The zero-order valence-electron chi connectivity index (χ0n) is 25.5. The van der Waals surface area contributed by atoms with E-state index in [9.17, 15) is 28.2 Å². The third-order valence-electron chi connectivity index (χ3n) is 9.00. The lowest BCUT2D eigenvalue weighted by Gasteiger charge is -2.45. The first kappa shape index (κ1) is 32.6. The van der Waals surface area contributed by atoms with Crippen molar-refractivity contribution in [2.75, 3.05) is 0 Å². The molecule has 2 atom stereocenters. The summed E-state index contributed by atoms with van der Waals surface area (Å²) >= 11 is 6.76. The number of para-hydroxylation sites is 1. The summed E-state index contributed by atoms with van der Waals surface area (Å²) in [6, 6.07) is 10.6. The Morgan fingerprint density at radius 3 is 2.49 bits per heavy atom. The van der Waals surface area contributed by atoms with Gasteiger partial charge in [0.05, 0.1) is 21.8 Å². The highest BCUT2D eigenvalue weighted by Crippen LogP contribution is 2.50. The molecule has 0 spiro atoms. The number of halogens is 4. The van der Waals surface area contributed by atoms with Crippen molar-refractivity contribution in [1.29, 1.82) is 0 Å². The molecule has 3 fully saturated rings. The number of piperidine rings is 1. The number of alkyl halides is 3. The number of ether oxygens (including phenoxy) is 2. The lowest BCUT2D eigenvalue weighted by Crippen LogP contribution is -2.49. The average molecular weight is 672 g/mol. The molecular formula is C34H33ClF3N3O6. The van der Waals surface area contributed by atoms with Crippen molar-refractivity contribution in [2.45, 2.75) is 82.0 Å². The van der Waals surface area contributed by atoms with Crippen molar-refractivity contribution in [1.82, 2.24) is 10.1 Å². The second-order valence-corrected chi connectivity index (χ2v) is 12.5. The van der Waals surface area contributed by atoms with Gasteiger partial charge in [-0.3, -0.25) is 0 Å². The zero-order chi connectivity index (χ0) is 33.5. The smallest absolute Gasteiger partial charge is 0.489 e. The molecule has 1 aliphatic carbocycles. The first-order valence-corrected chi connectivity index (χ1v) is 15.6. The van der Waals surface area contributed by atoms with E-state index in [2.05, 4.69) is 21.6 Å². The van der Waals surface area contributed by atoms with E-state index in [0.717, 1.165) is 25.7 Å². The minimum atomic E-state index is -4.88. The topological polar surface area (TPSA) is 118 Å². The summed E-state index contributed by atoms with van der Waals surface area (Å²) < 4.78 is 55.4. The third kappa shape index (κ3) is 6.75. The molecule has 3 aliphatic rings. The van der Waals surface area contributed by atoms with Crippen LogP contribution in [0.1, 0.15) is 68.3 Å². The molecular weight excluding hydrogens is 639 g/mol. The van der Waals surface area contributed by atoms with Gasteiger partial charge < -0.3 is 29.1 Å². The molecule has 6 rings (SSSR count). The van der Waals surface area contributed by atoms with E-state index in [1.165, 1.54) is 30.4 Å². The number of aromatic nitrogens is 1. The summed E-state index contributed by atoms with van der Waals surface area (Å²) in [5, 5.41) is 25.8. The van der Waals surface area contributed by atoms with Gasteiger partial charge in [0, 0.05) is 42.0 Å². The number of allylic oxidation sites excluding steroid dienone is 1. The van der Waals surface area contributed by atoms with Crippen molar-refractivity contribution in [2.24, 2.45) is 4.99 Å². The molecule has 13 heteroatoms. The Morgan fingerprint density at radius 2 is 1.89 bits per heavy atom. The normalized spacial score (nSPS) is 23.1. The lowest BCUT2D eigenvalue weighted by molar-refractivity contribution is -0.274. The van der Waals surface area contributed by atoms with Crippen LogP contribution in [0.25, 0.3) is 11.3 Å². The maximum absolute atomic E-state index is 13.1. The maximum atomic E-state index is 13.1. The molecule has 2 aromatic carbocycles. The van der Waals surface area contributed by atoms with E-state index >= 15 is 0 Å². The van der Waals surface area contributed by atoms with Crippen LogP contribution in [0.15, 0.2) is 75.5 Å². The van der Waals surface area contributed by atoms with E-state index < -0.39 is 23.7 Å². The van der Waals surface area contributed by atoms with Gasteiger partial charge in [0.1, 0.15) is 35.4 Å². The van der Waals surface area contributed by atoms with Crippen molar-refractivity contribution < 1.29 is 42.2 Å². The standard InChI is InChI=1S/C34H33ClF3N3O6/c1-3-19(32(42)43)14-29(39-2)41-21-10-11-22(41)17-33(44,16-21)26-13-12-23(15-27(26)35)45-18-25-30(40-47-31(25)20-8-9-20)24-6-4-5-7-28(24)46-34(36,37)38/h3-7,12-15,20-22,44H,2,8-11,16-18H2,1H3,(H,42,43)/b19-3+,29-14+. The number of rotatable bonds is 11. The maximum Gasteiger partial charge on any atom is 0.573 e. The number of carboxylic acid groups (broad SMARTS) is 1. The van der Waals surface area contributed by atoms with Crippen molar-refractivity contribution in [3.63, 3.8) is 0 Å². The molecule has 248 valence electrons. The fraction of sp³-hybridized carbons (Fsp3) is 0.382. The summed E-state index contributed by atoms with van der Waals surface area (Å²) in [6.45, 7) is 5.25. The fourth-order valence-electron chi connectivity index (χ4n) is 6.76. The highest BCUT2D eigenvalue weighted by atomic mass is 35.5. The van der Waals surface area contributed by atoms with Crippen LogP contribution in [-0.4, -0.2) is 51.4 Å². The molecule has 0 radical (unpaired) electrons. The molecule has 3 heterocycles. The van der Waals surface area contributed by atoms with Gasteiger partial charge in [0.25, 0.3) is 0 Å². The van der Waals surface area contributed by atoms with Gasteiger partial charge in [-0.1, -0.05) is 41.0 Å². The van der Waals surface area contributed by atoms with E-state index in [4.69, 9.17) is 20.9 Å². The number of benzene rings is 2. The molecule has 0 amide bonds. The predicted molar refractivity (Wildman–Crippen MR) is 167 cm³/mol. The molecule has 2 N–H and O–H groups in total. The summed E-state index contributed by atoms with van der Waals surface area (Å²) in [5.74, 6) is 0.0585. The highest BCUT2D eigenvalue weighted by Gasteiger charge is 2.49. The van der Waals surface area contributed by atoms with Crippen LogP contribution in [0.3, 0.4) is 0 Å². The number of carboxylic acids is 1. The largest absolute Gasteiger partial charge is 0.573 e. The molecule has 2 aliphatic heterocycles. The monoisotopic (exact) mass is 671 g/mol. The van der Waals surface area contributed by atoms with Crippen molar-refractivity contribution in [3.05, 3.63) is 87.9 Å². The summed E-state index contributed by atoms with van der Waals surface area (Å²) in [4.78, 5) is 17.8. The number of nitrogens with zero attached hydrogens (tertiary/aromatic N) is 3. The molecule has 2 saturated heterocycles. The van der Waals surface area contributed by atoms with Crippen LogP contribution >= 0.6 is 11.6 Å². The Hall–Kier alpha value is -4.29.